The van der Waals surface area contributed by atoms with Gasteiger partial charge in [0.25, 0.3) is 0 Å². The van der Waals surface area contributed by atoms with E-state index >= 15 is 0 Å². The van der Waals surface area contributed by atoms with Gasteiger partial charge in [-0.3, -0.25) is 0 Å². The molecule has 2 rings (SSSR count). The summed E-state index contributed by atoms with van der Waals surface area (Å²) in [6, 6.07) is 5.58. The molecule has 1 aliphatic rings. The lowest BCUT2D eigenvalue weighted by Gasteiger charge is -2.24. The Morgan fingerprint density at radius 1 is 1.21 bits per heavy atom. The van der Waals surface area contributed by atoms with Gasteiger partial charge in [0.2, 0.25) is 0 Å². The lowest BCUT2D eigenvalue weighted by atomic mass is 9.82. The Morgan fingerprint density at radius 2 is 1.89 bits per heavy atom. The standard InChI is InChI=1S/C15H19F3O/c16-15(17,18)13-7-3-6-12(10-13)14(8-9-19)11-4-1-2-5-11/h3,6-7,10-11,14,19H,1-2,4-5,8-9H2. The summed E-state index contributed by atoms with van der Waals surface area (Å²) in [7, 11) is 0. The van der Waals surface area contributed by atoms with Crippen LogP contribution in [0.3, 0.4) is 0 Å². The number of halogens is 3. The third-order valence-corrected chi connectivity index (χ3v) is 4.05. The van der Waals surface area contributed by atoms with Gasteiger partial charge in [-0.25, -0.2) is 0 Å². The summed E-state index contributed by atoms with van der Waals surface area (Å²) in [6.07, 6.45) is 0.653. The van der Waals surface area contributed by atoms with Crippen LogP contribution in [0, 0.1) is 5.92 Å². The molecule has 1 atom stereocenters. The molecule has 1 nitrogen and oxygen atoms in total. The van der Waals surface area contributed by atoms with Gasteiger partial charge in [-0.05, 0) is 42.7 Å². The molecule has 0 heterocycles. The summed E-state index contributed by atoms with van der Waals surface area (Å²) in [5.41, 5.74) is 0.127. The monoisotopic (exact) mass is 272 g/mol. The number of benzene rings is 1. The number of hydrogen-bond acceptors (Lipinski definition) is 1. The summed E-state index contributed by atoms with van der Waals surface area (Å²) in [4.78, 5) is 0. The summed E-state index contributed by atoms with van der Waals surface area (Å²) < 4.78 is 38.2. The molecule has 0 radical (unpaired) electrons. The van der Waals surface area contributed by atoms with Crippen LogP contribution in [0.4, 0.5) is 13.2 Å². The van der Waals surface area contributed by atoms with Crippen LogP contribution in [0.15, 0.2) is 24.3 Å². The van der Waals surface area contributed by atoms with E-state index in [0.29, 0.717) is 12.3 Å². The van der Waals surface area contributed by atoms with Gasteiger partial charge >= 0.3 is 6.18 Å². The van der Waals surface area contributed by atoms with Crippen LogP contribution in [0.5, 0.6) is 0 Å². The van der Waals surface area contributed by atoms with Gasteiger partial charge < -0.3 is 5.11 Å². The molecule has 1 aliphatic carbocycles. The fraction of sp³-hybridized carbons (Fsp3) is 0.600. The molecular weight excluding hydrogens is 253 g/mol. The largest absolute Gasteiger partial charge is 0.416 e. The van der Waals surface area contributed by atoms with Crippen molar-refractivity contribution in [2.75, 3.05) is 6.61 Å². The van der Waals surface area contributed by atoms with Crippen LogP contribution in [-0.2, 0) is 6.18 Å². The predicted molar refractivity (Wildman–Crippen MR) is 67.8 cm³/mol. The van der Waals surface area contributed by atoms with Gasteiger partial charge in [-0.1, -0.05) is 31.0 Å². The van der Waals surface area contributed by atoms with Gasteiger partial charge in [0.1, 0.15) is 0 Å². The quantitative estimate of drug-likeness (QED) is 0.863. The topological polar surface area (TPSA) is 20.2 Å². The molecule has 1 saturated carbocycles. The first kappa shape index (κ1) is 14.4. The van der Waals surface area contributed by atoms with Crippen molar-refractivity contribution in [2.24, 2.45) is 5.92 Å². The van der Waals surface area contributed by atoms with Crippen molar-refractivity contribution in [1.82, 2.24) is 0 Å². The minimum Gasteiger partial charge on any atom is -0.396 e. The van der Waals surface area contributed by atoms with Gasteiger partial charge in [0.15, 0.2) is 0 Å². The second kappa shape index (κ2) is 5.95. The molecule has 1 fully saturated rings. The highest BCUT2D eigenvalue weighted by Crippen LogP contribution is 2.40. The fourth-order valence-electron chi connectivity index (χ4n) is 3.12. The molecule has 106 valence electrons. The first-order valence-electron chi connectivity index (χ1n) is 6.80. The zero-order valence-electron chi connectivity index (χ0n) is 10.8. The van der Waals surface area contributed by atoms with E-state index in [9.17, 15) is 13.2 Å². The Bertz CT molecular complexity index is 408. The van der Waals surface area contributed by atoms with E-state index in [1.54, 1.807) is 6.07 Å². The SMILES string of the molecule is OCCC(c1cccc(C(F)(F)F)c1)C1CCCC1. The maximum atomic E-state index is 12.7. The van der Waals surface area contributed by atoms with Crippen LogP contribution >= 0.6 is 0 Å². The molecule has 0 bridgehead atoms. The third kappa shape index (κ3) is 3.50. The first-order chi connectivity index (χ1) is 9.02. The van der Waals surface area contributed by atoms with Crippen molar-refractivity contribution in [3.05, 3.63) is 35.4 Å². The minimum atomic E-state index is -4.30. The van der Waals surface area contributed by atoms with E-state index < -0.39 is 11.7 Å². The lowest BCUT2D eigenvalue weighted by Crippen LogP contribution is -2.13. The van der Waals surface area contributed by atoms with Gasteiger partial charge in [-0.2, -0.15) is 13.2 Å². The van der Waals surface area contributed by atoms with Crippen molar-refractivity contribution < 1.29 is 18.3 Å². The molecule has 0 spiro atoms. The normalized spacial score (nSPS) is 18.7. The highest BCUT2D eigenvalue weighted by molar-refractivity contribution is 5.29. The van der Waals surface area contributed by atoms with Crippen LogP contribution in [0.2, 0.25) is 0 Å². The molecule has 1 aromatic rings. The Labute approximate surface area is 111 Å². The summed E-state index contributed by atoms with van der Waals surface area (Å²) >= 11 is 0. The second-order valence-corrected chi connectivity index (χ2v) is 5.29. The molecule has 0 aromatic heterocycles. The average molecular weight is 272 g/mol. The average Bonchev–Trinajstić information content (AvgIpc) is 2.88. The van der Waals surface area contributed by atoms with Gasteiger partial charge in [-0.15, -0.1) is 0 Å². The predicted octanol–water partition coefficient (Wildman–Crippen LogP) is 4.36. The molecule has 0 amide bonds. The van der Waals surface area contributed by atoms with Gasteiger partial charge in [0.05, 0.1) is 5.56 Å². The molecule has 0 saturated heterocycles. The molecule has 19 heavy (non-hydrogen) atoms. The van der Waals surface area contributed by atoms with E-state index in [4.69, 9.17) is 5.11 Å². The smallest absolute Gasteiger partial charge is 0.396 e. The van der Waals surface area contributed by atoms with Gasteiger partial charge in [0, 0.05) is 6.61 Å². The van der Waals surface area contributed by atoms with E-state index in [2.05, 4.69) is 0 Å². The number of rotatable bonds is 4. The first-order valence-corrected chi connectivity index (χ1v) is 6.80. The van der Waals surface area contributed by atoms with E-state index in [1.165, 1.54) is 12.1 Å². The highest BCUT2D eigenvalue weighted by atomic mass is 19.4. The summed E-state index contributed by atoms with van der Waals surface area (Å²) in [6.45, 7) is 0.0252. The van der Waals surface area contributed by atoms with Crippen molar-refractivity contribution >= 4 is 0 Å². The van der Waals surface area contributed by atoms with Crippen molar-refractivity contribution in [1.29, 1.82) is 0 Å². The van der Waals surface area contributed by atoms with Crippen LogP contribution in [0.25, 0.3) is 0 Å². The van der Waals surface area contributed by atoms with E-state index in [0.717, 1.165) is 37.3 Å². The number of aliphatic hydroxyl groups is 1. The van der Waals surface area contributed by atoms with Crippen molar-refractivity contribution in [3.8, 4) is 0 Å². The number of hydrogen-bond donors (Lipinski definition) is 1. The van der Waals surface area contributed by atoms with Crippen molar-refractivity contribution in [2.45, 2.75) is 44.2 Å². The molecule has 0 aliphatic heterocycles. The molecule has 4 heteroatoms. The zero-order valence-corrected chi connectivity index (χ0v) is 10.8. The summed E-state index contributed by atoms with van der Waals surface area (Å²) in [5.74, 6) is 0.463. The zero-order chi connectivity index (χ0) is 13.9. The minimum absolute atomic E-state index is 0.0252. The highest BCUT2D eigenvalue weighted by Gasteiger charge is 2.32. The Hall–Kier alpha value is -1.03. The molecule has 1 N–H and O–H groups in total. The molecule has 1 unspecified atom stereocenters. The third-order valence-electron chi connectivity index (χ3n) is 4.05. The second-order valence-electron chi connectivity index (χ2n) is 5.29. The van der Waals surface area contributed by atoms with E-state index in [1.807, 2.05) is 0 Å². The lowest BCUT2D eigenvalue weighted by molar-refractivity contribution is -0.137. The Morgan fingerprint density at radius 3 is 2.47 bits per heavy atom. The number of alkyl halides is 3. The Kier molecular flexibility index (Phi) is 4.50. The molecular formula is C15H19F3O. The fourth-order valence-corrected chi connectivity index (χ4v) is 3.12. The summed E-state index contributed by atoms with van der Waals surface area (Å²) in [5, 5.41) is 9.17. The van der Waals surface area contributed by atoms with E-state index in [-0.39, 0.29) is 12.5 Å². The van der Waals surface area contributed by atoms with Crippen LogP contribution < -0.4 is 0 Å². The molecule has 1 aromatic carbocycles. The maximum absolute atomic E-state index is 12.7. The maximum Gasteiger partial charge on any atom is 0.416 e. The van der Waals surface area contributed by atoms with Crippen LogP contribution in [0.1, 0.15) is 49.1 Å². The number of aliphatic hydroxyl groups excluding tert-OH is 1. The van der Waals surface area contributed by atoms with Crippen LogP contribution in [-0.4, -0.2) is 11.7 Å². The van der Waals surface area contributed by atoms with Crippen molar-refractivity contribution in [3.63, 3.8) is 0 Å². The Balaban J connectivity index is 2.25.